The number of rotatable bonds is 12. The minimum atomic E-state index is -4.53. The average Bonchev–Trinajstić information content (AvgIpc) is 3.95. The molecule has 5 N–H and O–H groups in total. The third kappa shape index (κ3) is 9.34. The summed E-state index contributed by atoms with van der Waals surface area (Å²) in [6, 6.07) is 18.8. The monoisotopic (exact) mass is 917 g/mol. The van der Waals surface area contributed by atoms with Gasteiger partial charge in [-0.2, -0.15) is 13.2 Å². The number of ether oxygens (including phenoxy) is 1. The van der Waals surface area contributed by atoms with Crippen molar-refractivity contribution in [3.63, 3.8) is 0 Å². The molecule has 65 heavy (non-hydrogen) atoms. The molecular formula is C47H55F4N9O4S. The molecule has 0 radical (unpaired) electrons. The largest absolute Gasteiger partial charge is 0.459 e. The molecule has 4 aliphatic rings. The highest BCUT2D eigenvalue weighted by Crippen LogP contribution is 2.54. The number of sulfonamides is 1. The lowest BCUT2D eigenvalue weighted by Crippen LogP contribution is -2.55. The molecule has 1 atom stereocenters. The number of nitrogens with zero attached hydrogens (tertiary/aromatic N) is 5. The standard InChI is InChI=1S/C47H55F4N9O4S/c1-30(2)35-6-3-4-7-36(35)40-8-5-17-60(40)32-25-45(26-32)12-18-58(19-13-45)42-24-41(64-33-22-31-11-16-53-43(31)55-27-33)37(28-54-42)44(61)57-65(62,63)34-9-10-39(38(52)23-34)56-29-46(48)14-20-59(21-15-46)47(49,50)51/h3-4,6-7,9-11,16,22-24,27-28,30,32,40,56H,5,8,12-15,17-21,25-26,29,52H2,1-2H3,(H,53,55)(H,57,61)/t40-/m0/s1. The molecule has 1 saturated carbocycles. The molecule has 5 aromatic rings. The number of pyridine rings is 2. The van der Waals surface area contributed by atoms with Gasteiger partial charge in [0.2, 0.25) is 0 Å². The Morgan fingerprint density at radius 2 is 1.72 bits per heavy atom. The van der Waals surface area contributed by atoms with Gasteiger partial charge >= 0.3 is 6.30 Å². The number of carbonyl (C=O) groups is 1. The number of amides is 1. The number of fused-ring (bicyclic) bond motifs is 1. The highest BCUT2D eigenvalue weighted by atomic mass is 32.2. The van der Waals surface area contributed by atoms with E-state index in [0.29, 0.717) is 35.2 Å². The van der Waals surface area contributed by atoms with E-state index in [0.717, 1.165) is 43.9 Å². The number of aromatic nitrogens is 3. The number of likely N-dealkylation sites (tertiary alicyclic amines) is 2. The van der Waals surface area contributed by atoms with Gasteiger partial charge in [0, 0.05) is 68.7 Å². The predicted molar refractivity (Wildman–Crippen MR) is 241 cm³/mol. The molecule has 6 heterocycles. The lowest BCUT2D eigenvalue weighted by atomic mass is 9.60. The number of H-pyrrole nitrogens is 1. The molecule has 18 heteroatoms. The normalized spacial score (nSPS) is 20.6. The van der Waals surface area contributed by atoms with Crippen molar-refractivity contribution in [1.29, 1.82) is 0 Å². The van der Waals surface area contributed by atoms with Crippen LogP contribution >= 0.6 is 0 Å². The Labute approximate surface area is 376 Å². The number of nitrogens with two attached hydrogens (primary N) is 1. The maximum atomic E-state index is 15.4. The first-order chi connectivity index (χ1) is 31.0. The van der Waals surface area contributed by atoms with E-state index in [9.17, 15) is 26.4 Å². The number of piperidine rings is 2. The number of halogens is 4. The number of nitrogen functional groups attached to an aromatic ring is 1. The molecule has 13 nitrogen and oxygen atoms in total. The van der Waals surface area contributed by atoms with E-state index < -0.39 is 41.0 Å². The molecule has 9 rings (SSSR count). The van der Waals surface area contributed by atoms with Gasteiger partial charge < -0.3 is 25.7 Å². The van der Waals surface area contributed by atoms with Gasteiger partial charge in [0.25, 0.3) is 15.9 Å². The van der Waals surface area contributed by atoms with E-state index in [1.165, 1.54) is 61.3 Å². The summed E-state index contributed by atoms with van der Waals surface area (Å²) in [5.74, 6) is 0.506. The fraction of sp³-hybridized carbons (Fsp3) is 0.468. The first kappa shape index (κ1) is 44.7. The highest BCUT2D eigenvalue weighted by Gasteiger charge is 2.50. The fourth-order valence-electron chi connectivity index (χ4n) is 10.3. The van der Waals surface area contributed by atoms with Gasteiger partial charge in [-0.25, -0.2) is 32.4 Å². The second-order valence-electron chi connectivity index (χ2n) is 18.6. The molecule has 1 amide bonds. The van der Waals surface area contributed by atoms with Crippen LogP contribution in [0.15, 0.2) is 84.1 Å². The minimum Gasteiger partial charge on any atom is -0.455 e. The van der Waals surface area contributed by atoms with Gasteiger partial charge in [-0.1, -0.05) is 38.1 Å². The van der Waals surface area contributed by atoms with Crippen molar-refractivity contribution >= 4 is 44.2 Å². The lowest BCUT2D eigenvalue weighted by molar-refractivity contribution is -0.254. The van der Waals surface area contributed by atoms with E-state index >= 15 is 4.39 Å². The van der Waals surface area contributed by atoms with Crippen molar-refractivity contribution in [2.45, 2.75) is 100 Å². The summed E-state index contributed by atoms with van der Waals surface area (Å²) in [7, 11) is -4.51. The molecule has 3 saturated heterocycles. The Morgan fingerprint density at radius 1 is 0.969 bits per heavy atom. The quantitative estimate of drug-likeness (QED) is 0.0538. The fourth-order valence-corrected chi connectivity index (χ4v) is 11.3. The maximum Gasteiger partial charge on any atom is 0.459 e. The number of nitrogens with one attached hydrogen (secondary N) is 3. The molecule has 4 fully saturated rings. The lowest BCUT2D eigenvalue weighted by Gasteiger charge is -2.56. The van der Waals surface area contributed by atoms with E-state index in [4.69, 9.17) is 10.5 Å². The Bertz CT molecular complexity index is 2650. The SMILES string of the molecule is CC(C)c1ccccc1[C@@H]1CCCN1C1CC2(CCN(c3cc(Oc4cnc5[nH]ccc5c4)c(C(=O)NS(=O)(=O)c4ccc(NCC5(F)CCN(C(F)(F)F)CC5)c(N)c4)cn3)CC2)C1. The van der Waals surface area contributed by atoms with E-state index in [2.05, 4.69) is 72.9 Å². The van der Waals surface area contributed by atoms with Crippen LogP contribution in [0, 0.1) is 5.41 Å². The molecule has 2 aromatic carbocycles. The van der Waals surface area contributed by atoms with Crippen LogP contribution in [-0.4, -0.2) is 96.4 Å². The van der Waals surface area contributed by atoms with E-state index in [1.54, 1.807) is 18.3 Å². The van der Waals surface area contributed by atoms with Crippen LogP contribution in [-0.2, 0) is 10.0 Å². The molecular weight excluding hydrogens is 863 g/mol. The van der Waals surface area contributed by atoms with Crippen LogP contribution in [0.4, 0.5) is 34.8 Å². The van der Waals surface area contributed by atoms with Crippen molar-refractivity contribution in [2.24, 2.45) is 5.41 Å². The summed E-state index contributed by atoms with van der Waals surface area (Å²) >= 11 is 0. The van der Waals surface area contributed by atoms with Gasteiger partial charge in [-0.3, -0.25) is 9.69 Å². The molecule has 0 unspecified atom stereocenters. The van der Waals surface area contributed by atoms with E-state index in [1.807, 2.05) is 6.07 Å². The molecule has 1 spiro atoms. The zero-order valence-electron chi connectivity index (χ0n) is 36.5. The van der Waals surface area contributed by atoms with Crippen molar-refractivity contribution in [3.05, 3.63) is 95.9 Å². The van der Waals surface area contributed by atoms with Crippen molar-refractivity contribution < 1.29 is 35.5 Å². The van der Waals surface area contributed by atoms with Gasteiger partial charge in [-0.15, -0.1) is 0 Å². The Balaban J connectivity index is 0.871. The van der Waals surface area contributed by atoms with Crippen molar-refractivity contribution in [2.75, 3.05) is 55.2 Å². The molecule has 346 valence electrons. The third-order valence-electron chi connectivity index (χ3n) is 14.1. The van der Waals surface area contributed by atoms with Gasteiger partial charge in [0.15, 0.2) is 0 Å². The Hall–Kier alpha value is -5.46. The smallest absolute Gasteiger partial charge is 0.455 e. The van der Waals surface area contributed by atoms with Crippen LogP contribution in [0.2, 0.25) is 0 Å². The van der Waals surface area contributed by atoms with Gasteiger partial charge in [0.05, 0.1) is 22.5 Å². The number of hydrogen-bond donors (Lipinski definition) is 4. The van der Waals surface area contributed by atoms with Crippen LogP contribution < -0.4 is 25.4 Å². The Morgan fingerprint density at radius 3 is 2.45 bits per heavy atom. The summed E-state index contributed by atoms with van der Waals surface area (Å²) < 4.78 is 90.3. The summed E-state index contributed by atoms with van der Waals surface area (Å²) in [4.78, 5) is 30.9. The van der Waals surface area contributed by atoms with Crippen LogP contribution in [0.3, 0.4) is 0 Å². The molecule has 1 aliphatic carbocycles. The number of alkyl halides is 4. The number of aromatic amines is 1. The number of hydrogen-bond acceptors (Lipinski definition) is 11. The summed E-state index contributed by atoms with van der Waals surface area (Å²) in [5.41, 5.74) is 8.09. The number of carbonyl (C=O) groups excluding carboxylic acids is 1. The first-order valence-electron chi connectivity index (χ1n) is 22.4. The van der Waals surface area contributed by atoms with Gasteiger partial charge in [-0.05, 0) is 111 Å². The van der Waals surface area contributed by atoms with Crippen LogP contribution in [0.1, 0.15) is 98.7 Å². The average molecular weight is 918 g/mol. The predicted octanol–water partition coefficient (Wildman–Crippen LogP) is 8.90. The minimum absolute atomic E-state index is 0.0623. The van der Waals surface area contributed by atoms with Crippen LogP contribution in [0.25, 0.3) is 11.0 Å². The second-order valence-corrected chi connectivity index (χ2v) is 20.3. The van der Waals surface area contributed by atoms with Crippen molar-refractivity contribution in [1.82, 2.24) is 29.5 Å². The number of benzene rings is 2. The summed E-state index contributed by atoms with van der Waals surface area (Å²) in [6.07, 6.45) is 6.11. The molecule has 0 bridgehead atoms. The zero-order chi connectivity index (χ0) is 45.7. The van der Waals surface area contributed by atoms with Gasteiger partial charge in [0.1, 0.15) is 34.2 Å². The third-order valence-corrected chi connectivity index (χ3v) is 15.4. The second kappa shape index (κ2) is 17.4. The van der Waals surface area contributed by atoms with Crippen LogP contribution in [0.5, 0.6) is 11.5 Å². The zero-order valence-corrected chi connectivity index (χ0v) is 37.3. The topological polar surface area (TPSA) is 162 Å². The molecule has 3 aromatic heterocycles. The summed E-state index contributed by atoms with van der Waals surface area (Å²) in [5, 5.41) is 3.59. The van der Waals surface area contributed by atoms with E-state index in [-0.39, 0.29) is 57.3 Å². The number of anilines is 3. The maximum absolute atomic E-state index is 15.4. The van der Waals surface area contributed by atoms with Crippen molar-refractivity contribution in [3.8, 4) is 11.5 Å². The summed E-state index contributed by atoms with van der Waals surface area (Å²) in [6.45, 7) is 5.93. The highest BCUT2D eigenvalue weighted by molar-refractivity contribution is 7.90. The Kier molecular flexibility index (Phi) is 12.0. The first-order valence-corrected chi connectivity index (χ1v) is 23.9. The molecule has 3 aliphatic heterocycles.